The second-order valence-electron chi connectivity index (χ2n) is 7.34. The SMILES string of the molecule is Cc1cccc(C(=O)N[C@@H](C)C(=O)O[C@H](C)C(=O)NC2CCCCCC2)c1. The molecule has 2 amide bonds. The van der Waals surface area contributed by atoms with Crippen LogP contribution in [0, 0.1) is 6.92 Å². The maximum absolute atomic E-state index is 12.3. The molecule has 1 saturated carbocycles. The monoisotopic (exact) mass is 374 g/mol. The molecule has 0 saturated heterocycles. The fourth-order valence-corrected chi connectivity index (χ4v) is 3.20. The lowest BCUT2D eigenvalue weighted by Gasteiger charge is -2.21. The second kappa shape index (κ2) is 10.1. The van der Waals surface area contributed by atoms with Gasteiger partial charge in [-0.1, -0.05) is 43.4 Å². The van der Waals surface area contributed by atoms with Gasteiger partial charge in [-0.15, -0.1) is 0 Å². The zero-order valence-electron chi connectivity index (χ0n) is 16.4. The van der Waals surface area contributed by atoms with Gasteiger partial charge in [-0.2, -0.15) is 0 Å². The molecule has 2 rings (SSSR count). The zero-order chi connectivity index (χ0) is 19.8. The average molecular weight is 374 g/mol. The molecular formula is C21H30N2O4. The number of benzene rings is 1. The second-order valence-corrected chi connectivity index (χ2v) is 7.34. The van der Waals surface area contributed by atoms with E-state index in [1.165, 1.54) is 12.8 Å². The standard InChI is InChI=1S/C21H30N2O4/c1-14-9-8-10-17(13-14)20(25)22-15(2)21(26)27-16(3)19(24)23-18-11-6-4-5-7-12-18/h8-10,13,15-16,18H,4-7,11-12H2,1-3H3,(H,22,25)(H,23,24)/t15-,16+/m0/s1. The highest BCUT2D eigenvalue weighted by molar-refractivity contribution is 5.97. The van der Waals surface area contributed by atoms with Crippen molar-refractivity contribution in [2.45, 2.75) is 77.5 Å². The molecular weight excluding hydrogens is 344 g/mol. The van der Waals surface area contributed by atoms with Crippen molar-refractivity contribution >= 4 is 17.8 Å². The third-order valence-corrected chi connectivity index (χ3v) is 4.85. The summed E-state index contributed by atoms with van der Waals surface area (Å²) in [5, 5.41) is 5.58. The number of nitrogens with one attached hydrogen (secondary N) is 2. The Morgan fingerprint density at radius 3 is 2.37 bits per heavy atom. The van der Waals surface area contributed by atoms with Crippen molar-refractivity contribution in [3.05, 3.63) is 35.4 Å². The van der Waals surface area contributed by atoms with Gasteiger partial charge in [-0.05, 0) is 45.7 Å². The Morgan fingerprint density at radius 2 is 1.74 bits per heavy atom. The molecule has 2 N–H and O–H groups in total. The van der Waals surface area contributed by atoms with Crippen LogP contribution in [0.3, 0.4) is 0 Å². The van der Waals surface area contributed by atoms with Crippen LogP contribution in [0.5, 0.6) is 0 Å². The molecule has 6 nitrogen and oxygen atoms in total. The van der Waals surface area contributed by atoms with Crippen molar-refractivity contribution in [2.75, 3.05) is 0 Å². The Hall–Kier alpha value is -2.37. The Bertz CT molecular complexity index is 666. The van der Waals surface area contributed by atoms with Gasteiger partial charge in [0.25, 0.3) is 11.8 Å². The average Bonchev–Trinajstić information content (AvgIpc) is 2.90. The van der Waals surface area contributed by atoms with Crippen molar-refractivity contribution in [3.8, 4) is 0 Å². The summed E-state index contributed by atoms with van der Waals surface area (Å²) < 4.78 is 5.24. The smallest absolute Gasteiger partial charge is 0.329 e. The summed E-state index contributed by atoms with van der Waals surface area (Å²) >= 11 is 0. The first-order chi connectivity index (χ1) is 12.9. The number of amides is 2. The van der Waals surface area contributed by atoms with E-state index in [0.717, 1.165) is 31.2 Å². The van der Waals surface area contributed by atoms with Crippen LogP contribution in [-0.2, 0) is 14.3 Å². The van der Waals surface area contributed by atoms with E-state index in [1.54, 1.807) is 32.0 Å². The van der Waals surface area contributed by atoms with E-state index in [1.807, 2.05) is 13.0 Å². The van der Waals surface area contributed by atoms with Crippen LogP contribution < -0.4 is 10.6 Å². The number of ether oxygens (including phenoxy) is 1. The lowest BCUT2D eigenvalue weighted by atomic mass is 10.1. The van der Waals surface area contributed by atoms with E-state index >= 15 is 0 Å². The third kappa shape index (κ3) is 6.70. The summed E-state index contributed by atoms with van der Waals surface area (Å²) in [6.45, 7) is 4.99. The van der Waals surface area contributed by atoms with Gasteiger partial charge < -0.3 is 15.4 Å². The molecule has 148 valence electrons. The van der Waals surface area contributed by atoms with Gasteiger partial charge in [0.15, 0.2) is 6.10 Å². The Morgan fingerprint density at radius 1 is 1.07 bits per heavy atom. The number of hydrogen-bond acceptors (Lipinski definition) is 4. The van der Waals surface area contributed by atoms with E-state index in [2.05, 4.69) is 10.6 Å². The first-order valence-corrected chi connectivity index (χ1v) is 9.75. The highest BCUT2D eigenvalue weighted by atomic mass is 16.5. The van der Waals surface area contributed by atoms with Gasteiger partial charge >= 0.3 is 5.97 Å². The van der Waals surface area contributed by atoms with Crippen LogP contribution in [0.2, 0.25) is 0 Å². The van der Waals surface area contributed by atoms with Gasteiger partial charge in [-0.3, -0.25) is 9.59 Å². The molecule has 6 heteroatoms. The van der Waals surface area contributed by atoms with Crippen LogP contribution in [0.25, 0.3) is 0 Å². The van der Waals surface area contributed by atoms with Crippen molar-refractivity contribution in [2.24, 2.45) is 0 Å². The van der Waals surface area contributed by atoms with Crippen molar-refractivity contribution in [3.63, 3.8) is 0 Å². The molecule has 0 heterocycles. The summed E-state index contributed by atoms with van der Waals surface area (Å²) in [6.07, 6.45) is 5.68. The van der Waals surface area contributed by atoms with E-state index in [-0.39, 0.29) is 17.9 Å². The Kier molecular flexibility index (Phi) is 7.82. The van der Waals surface area contributed by atoms with Gasteiger partial charge in [0.05, 0.1) is 0 Å². The molecule has 1 fully saturated rings. The number of hydrogen-bond donors (Lipinski definition) is 2. The minimum atomic E-state index is -0.890. The molecule has 1 aromatic rings. The number of carbonyl (C=O) groups is 3. The summed E-state index contributed by atoms with van der Waals surface area (Å²) in [5.41, 5.74) is 1.44. The largest absolute Gasteiger partial charge is 0.451 e. The molecule has 0 aliphatic heterocycles. The first kappa shape index (κ1) is 20.9. The molecule has 1 aliphatic carbocycles. The fraction of sp³-hybridized carbons (Fsp3) is 0.571. The molecule has 0 spiro atoms. The minimum absolute atomic E-state index is 0.152. The lowest BCUT2D eigenvalue weighted by Crippen LogP contribution is -2.45. The van der Waals surface area contributed by atoms with Crippen molar-refractivity contribution < 1.29 is 19.1 Å². The van der Waals surface area contributed by atoms with Gasteiger partial charge in [-0.25, -0.2) is 4.79 Å². The van der Waals surface area contributed by atoms with Crippen molar-refractivity contribution in [1.29, 1.82) is 0 Å². The molecule has 0 aromatic heterocycles. The number of carbonyl (C=O) groups excluding carboxylic acids is 3. The van der Waals surface area contributed by atoms with Gasteiger partial charge in [0.1, 0.15) is 6.04 Å². The first-order valence-electron chi connectivity index (χ1n) is 9.75. The van der Waals surface area contributed by atoms with Crippen molar-refractivity contribution in [1.82, 2.24) is 10.6 Å². The van der Waals surface area contributed by atoms with Crippen LogP contribution in [0.15, 0.2) is 24.3 Å². The van der Waals surface area contributed by atoms with Gasteiger partial charge in [0, 0.05) is 11.6 Å². The molecule has 1 aromatic carbocycles. The molecule has 0 unspecified atom stereocenters. The Balaban J connectivity index is 1.81. The summed E-state index contributed by atoms with van der Waals surface area (Å²) in [5.74, 6) is -1.26. The zero-order valence-corrected chi connectivity index (χ0v) is 16.4. The fourth-order valence-electron chi connectivity index (χ4n) is 3.20. The lowest BCUT2D eigenvalue weighted by molar-refractivity contribution is -0.156. The van der Waals surface area contributed by atoms with E-state index in [4.69, 9.17) is 4.74 Å². The maximum atomic E-state index is 12.3. The number of rotatable bonds is 6. The van der Waals surface area contributed by atoms with Crippen LogP contribution in [0.4, 0.5) is 0 Å². The summed E-state index contributed by atoms with van der Waals surface area (Å²) in [6, 6.07) is 6.42. The predicted octanol–water partition coefficient (Wildman–Crippen LogP) is 2.88. The van der Waals surface area contributed by atoms with Gasteiger partial charge in [0.2, 0.25) is 0 Å². The van der Waals surface area contributed by atoms with Crippen LogP contribution in [-0.4, -0.2) is 36.0 Å². The highest BCUT2D eigenvalue weighted by Gasteiger charge is 2.25. The molecule has 2 atom stereocenters. The topological polar surface area (TPSA) is 84.5 Å². The summed E-state index contributed by atoms with van der Waals surface area (Å²) in [7, 11) is 0. The summed E-state index contributed by atoms with van der Waals surface area (Å²) in [4.78, 5) is 36.7. The highest BCUT2D eigenvalue weighted by Crippen LogP contribution is 2.17. The third-order valence-electron chi connectivity index (χ3n) is 4.85. The Labute approximate surface area is 161 Å². The van der Waals surface area contributed by atoms with Crippen LogP contribution >= 0.6 is 0 Å². The minimum Gasteiger partial charge on any atom is -0.451 e. The van der Waals surface area contributed by atoms with Crippen LogP contribution in [0.1, 0.15) is 68.3 Å². The normalized spacial score (nSPS) is 17.3. The molecule has 1 aliphatic rings. The molecule has 27 heavy (non-hydrogen) atoms. The number of aryl methyl sites for hydroxylation is 1. The van der Waals surface area contributed by atoms with E-state index < -0.39 is 18.1 Å². The van der Waals surface area contributed by atoms with E-state index in [9.17, 15) is 14.4 Å². The number of esters is 1. The van der Waals surface area contributed by atoms with E-state index in [0.29, 0.717) is 5.56 Å². The molecule has 0 radical (unpaired) electrons. The quantitative estimate of drug-likeness (QED) is 0.592. The molecule has 0 bridgehead atoms. The maximum Gasteiger partial charge on any atom is 0.329 e. The predicted molar refractivity (Wildman–Crippen MR) is 103 cm³/mol.